The topological polar surface area (TPSA) is 58.6 Å². The van der Waals surface area contributed by atoms with Crippen LogP contribution in [0.1, 0.15) is 17.5 Å². The molecule has 1 saturated heterocycles. The molecular weight excluding hydrogens is 352 g/mol. The van der Waals surface area contributed by atoms with Crippen LogP contribution in [0.4, 0.5) is 5.69 Å². The molecule has 0 unspecified atom stereocenters. The van der Waals surface area contributed by atoms with Gasteiger partial charge in [0.1, 0.15) is 5.75 Å². The van der Waals surface area contributed by atoms with Crippen molar-refractivity contribution < 1.29 is 14.3 Å². The molecule has 0 aromatic heterocycles. The molecule has 0 spiro atoms. The largest absolute Gasteiger partial charge is 0.495 e. The van der Waals surface area contributed by atoms with E-state index in [2.05, 4.69) is 5.32 Å². The van der Waals surface area contributed by atoms with Crippen molar-refractivity contribution in [1.82, 2.24) is 5.32 Å². The summed E-state index contributed by atoms with van der Waals surface area (Å²) >= 11 is 6.06. The van der Waals surface area contributed by atoms with Gasteiger partial charge in [-0.05, 0) is 36.2 Å². The van der Waals surface area contributed by atoms with Crippen LogP contribution in [0, 0.1) is 12.8 Å². The van der Waals surface area contributed by atoms with Crippen LogP contribution in [0.2, 0.25) is 5.02 Å². The molecule has 5 nitrogen and oxygen atoms in total. The van der Waals surface area contributed by atoms with Crippen molar-refractivity contribution in [2.45, 2.75) is 19.9 Å². The second-order valence-electron chi connectivity index (χ2n) is 6.37. The fourth-order valence-electron chi connectivity index (χ4n) is 3.13. The van der Waals surface area contributed by atoms with Gasteiger partial charge in [0.25, 0.3) is 0 Å². The molecule has 2 aromatic carbocycles. The van der Waals surface area contributed by atoms with E-state index in [0.717, 1.165) is 11.1 Å². The average Bonchev–Trinajstić information content (AvgIpc) is 3.02. The van der Waals surface area contributed by atoms with Gasteiger partial charge in [-0.15, -0.1) is 0 Å². The first kappa shape index (κ1) is 18.3. The lowest BCUT2D eigenvalue weighted by Gasteiger charge is -2.20. The number of carbonyl (C=O) groups is 2. The molecule has 0 saturated carbocycles. The Morgan fingerprint density at radius 3 is 2.81 bits per heavy atom. The van der Waals surface area contributed by atoms with Gasteiger partial charge in [-0.2, -0.15) is 0 Å². The van der Waals surface area contributed by atoms with Crippen molar-refractivity contribution >= 4 is 29.1 Å². The van der Waals surface area contributed by atoms with Gasteiger partial charge in [0.15, 0.2) is 0 Å². The summed E-state index contributed by atoms with van der Waals surface area (Å²) in [5, 5.41) is 3.45. The van der Waals surface area contributed by atoms with Gasteiger partial charge in [0.2, 0.25) is 11.8 Å². The van der Waals surface area contributed by atoms with Crippen LogP contribution in [-0.2, 0) is 16.1 Å². The second kappa shape index (κ2) is 7.79. The quantitative estimate of drug-likeness (QED) is 0.875. The van der Waals surface area contributed by atoms with Crippen LogP contribution in [0.5, 0.6) is 5.75 Å². The maximum Gasteiger partial charge on any atom is 0.227 e. The van der Waals surface area contributed by atoms with Gasteiger partial charge in [-0.1, -0.05) is 35.9 Å². The number of benzene rings is 2. The van der Waals surface area contributed by atoms with Gasteiger partial charge in [0.05, 0.1) is 18.7 Å². The first-order valence-corrected chi connectivity index (χ1v) is 8.83. The normalized spacial score (nSPS) is 16.7. The molecule has 3 rings (SSSR count). The number of rotatable bonds is 5. The van der Waals surface area contributed by atoms with Gasteiger partial charge >= 0.3 is 0 Å². The maximum absolute atomic E-state index is 12.5. The van der Waals surface area contributed by atoms with E-state index >= 15 is 0 Å². The highest BCUT2D eigenvalue weighted by Gasteiger charge is 2.36. The van der Waals surface area contributed by atoms with Gasteiger partial charge in [-0.25, -0.2) is 0 Å². The number of ether oxygens (including phenoxy) is 1. The molecule has 136 valence electrons. The Bertz CT molecular complexity index is 838. The zero-order valence-corrected chi connectivity index (χ0v) is 15.5. The summed E-state index contributed by atoms with van der Waals surface area (Å²) in [4.78, 5) is 26.5. The molecule has 1 heterocycles. The smallest absolute Gasteiger partial charge is 0.227 e. The summed E-state index contributed by atoms with van der Waals surface area (Å²) in [6, 6.07) is 13.0. The minimum Gasteiger partial charge on any atom is -0.495 e. The molecule has 1 N–H and O–H groups in total. The third kappa shape index (κ3) is 3.83. The Labute approximate surface area is 157 Å². The highest BCUT2D eigenvalue weighted by atomic mass is 35.5. The lowest BCUT2D eigenvalue weighted by Crippen LogP contribution is -2.32. The summed E-state index contributed by atoms with van der Waals surface area (Å²) in [6.07, 6.45) is 0.176. The average molecular weight is 373 g/mol. The zero-order valence-electron chi connectivity index (χ0n) is 14.8. The SMILES string of the molecule is COc1ccc(Cl)cc1N1C[C@@H](C(=O)NCc2ccccc2C)CC1=O. The lowest BCUT2D eigenvalue weighted by molar-refractivity contribution is -0.126. The predicted octanol–water partition coefficient (Wildman–Crippen LogP) is 3.33. The number of nitrogens with one attached hydrogen (secondary N) is 1. The van der Waals surface area contributed by atoms with Crippen molar-refractivity contribution in [3.63, 3.8) is 0 Å². The van der Waals surface area contributed by atoms with Gasteiger partial charge < -0.3 is 15.0 Å². The number of nitrogens with zero attached hydrogens (tertiary/aromatic N) is 1. The molecule has 1 aliphatic heterocycles. The van der Waals surface area contributed by atoms with Crippen LogP contribution in [-0.4, -0.2) is 25.5 Å². The van der Waals surface area contributed by atoms with Crippen molar-refractivity contribution in [2.24, 2.45) is 5.92 Å². The van der Waals surface area contributed by atoms with E-state index in [0.29, 0.717) is 29.5 Å². The van der Waals surface area contributed by atoms with E-state index in [9.17, 15) is 9.59 Å². The summed E-state index contributed by atoms with van der Waals surface area (Å²) < 4.78 is 5.32. The Morgan fingerprint density at radius 1 is 1.31 bits per heavy atom. The van der Waals surface area contributed by atoms with Crippen molar-refractivity contribution in [1.29, 1.82) is 0 Å². The molecule has 0 aliphatic carbocycles. The zero-order chi connectivity index (χ0) is 18.7. The fraction of sp³-hybridized carbons (Fsp3) is 0.300. The first-order valence-electron chi connectivity index (χ1n) is 8.45. The number of aryl methyl sites for hydroxylation is 1. The molecule has 2 amide bonds. The molecule has 1 aliphatic rings. The Morgan fingerprint density at radius 2 is 2.08 bits per heavy atom. The third-order valence-electron chi connectivity index (χ3n) is 4.64. The van der Waals surface area contributed by atoms with E-state index in [-0.39, 0.29) is 18.2 Å². The number of hydrogen-bond donors (Lipinski definition) is 1. The van der Waals surface area contributed by atoms with Crippen molar-refractivity contribution in [2.75, 3.05) is 18.6 Å². The third-order valence-corrected chi connectivity index (χ3v) is 4.88. The minimum atomic E-state index is -0.393. The van der Waals surface area contributed by atoms with Crippen molar-refractivity contribution in [3.05, 3.63) is 58.6 Å². The summed E-state index contributed by atoms with van der Waals surface area (Å²) in [7, 11) is 1.54. The standard InChI is InChI=1S/C20H21ClN2O3/c1-13-5-3-4-6-14(13)11-22-20(25)15-9-19(24)23(12-15)17-10-16(21)7-8-18(17)26-2/h3-8,10,15H,9,11-12H2,1-2H3,(H,22,25)/t15-/m0/s1. The van der Waals surface area contributed by atoms with E-state index in [4.69, 9.17) is 16.3 Å². The minimum absolute atomic E-state index is 0.110. The van der Waals surface area contributed by atoms with Gasteiger partial charge in [0, 0.05) is 24.5 Å². The monoisotopic (exact) mass is 372 g/mol. The summed E-state index contributed by atoms with van der Waals surface area (Å²) in [5.74, 6) is -0.0642. The second-order valence-corrected chi connectivity index (χ2v) is 6.80. The van der Waals surface area contributed by atoms with E-state index < -0.39 is 5.92 Å². The van der Waals surface area contributed by atoms with Crippen LogP contribution in [0.3, 0.4) is 0 Å². The number of hydrogen-bond acceptors (Lipinski definition) is 3. The number of anilines is 1. The van der Waals surface area contributed by atoms with Crippen LogP contribution >= 0.6 is 11.6 Å². The van der Waals surface area contributed by atoms with E-state index in [1.54, 1.807) is 30.2 Å². The number of carbonyl (C=O) groups excluding carboxylic acids is 2. The Kier molecular flexibility index (Phi) is 5.47. The number of halogens is 1. The first-order chi connectivity index (χ1) is 12.5. The van der Waals surface area contributed by atoms with Crippen LogP contribution < -0.4 is 15.0 Å². The van der Waals surface area contributed by atoms with Crippen molar-refractivity contribution in [3.8, 4) is 5.75 Å². The van der Waals surface area contributed by atoms with Crippen LogP contribution in [0.15, 0.2) is 42.5 Å². The number of methoxy groups -OCH3 is 1. The highest BCUT2D eigenvalue weighted by Crippen LogP contribution is 2.35. The number of amides is 2. The summed E-state index contributed by atoms with van der Waals surface area (Å²) in [6.45, 7) is 2.78. The molecule has 6 heteroatoms. The lowest BCUT2D eigenvalue weighted by atomic mass is 10.1. The van der Waals surface area contributed by atoms with Crippen LogP contribution in [0.25, 0.3) is 0 Å². The molecule has 1 atom stereocenters. The molecule has 2 aromatic rings. The molecule has 1 fully saturated rings. The molecule has 0 radical (unpaired) electrons. The Hall–Kier alpha value is -2.53. The van der Waals surface area contributed by atoms with E-state index in [1.165, 1.54) is 0 Å². The maximum atomic E-state index is 12.5. The Balaban J connectivity index is 1.69. The fourth-order valence-corrected chi connectivity index (χ4v) is 3.29. The predicted molar refractivity (Wildman–Crippen MR) is 101 cm³/mol. The summed E-state index contributed by atoms with van der Waals surface area (Å²) in [5.41, 5.74) is 2.79. The molecule has 26 heavy (non-hydrogen) atoms. The van der Waals surface area contributed by atoms with E-state index in [1.807, 2.05) is 31.2 Å². The van der Waals surface area contributed by atoms with Gasteiger partial charge in [-0.3, -0.25) is 9.59 Å². The highest BCUT2D eigenvalue weighted by molar-refractivity contribution is 6.31. The molecule has 0 bridgehead atoms. The molecular formula is C20H21ClN2O3.